The molecule has 4 heteroatoms. The zero-order valence-electron chi connectivity index (χ0n) is 7.66. The van der Waals surface area contributed by atoms with Crippen LogP contribution in [-0.2, 0) is 11.3 Å². The number of benzene rings is 1. The SMILES string of the molecule is N#Cc1ccc(F)cc1COCCN. The van der Waals surface area contributed by atoms with E-state index >= 15 is 0 Å². The molecule has 0 aliphatic rings. The third-order valence-corrected chi connectivity index (χ3v) is 1.71. The number of halogens is 1. The molecular weight excluding hydrogens is 183 g/mol. The smallest absolute Gasteiger partial charge is 0.123 e. The van der Waals surface area contributed by atoms with Gasteiger partial charge in [0.15, 0.2) is 0 Å². The Kier molecular flexibility index (Phi) is 4.05. The van der Waals surface area contributed by atoms with Gasteiger partial charge in [-0.15, -0.1) is 0 Å². The summed E-state index contributed by atoms with van der Waals surface area (Å²) in [5.41, 5.74) is 6.22. The third-order valence-electron chi connectivity index (χ3n) is 1.71. The molecule has 1 aromatic carbocycles. The maximum atomic E-state index is 12.8. The van der Waals surface area contributed by atoms with Gasteiger partial charge in [0, 0.05) is 6.54 Å². The van der Waals surface area contributed by atoms with Gasteiger partial charge in [-0.05, 0) is 23.8 Å². The van der Waals surface area contributed by atoms with E-state index in [4.69, 9.17) is 15.7 Å². The molecule has 14 heavy (non-hydrogen) atoms. The van der Waals surface area contributed by atoms with E-state index in [1.807, 2.05) is 6.07 Å². The van der Waals surface area contributed by atoms with Crippen molar-refractivity contribution in [2.24, 2.45) is 5.73 Å². The minimum atomic E-state index is -0.365. The first-order valence-electron chi connectivity index (χ1n) is 4.24. The predicted octanol–water partition coefficient (Wildman–Crippen LogP) is 1.17. The summed E-state index contributed by atoms with van der Waals surface area (Å²) in [7, 11) is 0. The fourth-order valence-electron chi connectivity index (χ4n) is 1.06. The molecule has 74 valence electrons. The van der Waals surface area contributed by atoms with Crippen molar-refractivity contribution < 1.29 is 9.13 Å². The molecule has 2 N–H and O–H groups in total. The summed E-state index contributed by atoms with van der Waals surface area (Å²) in [5, 5.41) is 8.71. The Bertz CT molecular complexity index is 346. The zero-order chi connectivity index (χ0) is 10.4. The lowest BCUT2D eigenvalue weighted by Gasteiger charge is -2.04. The van der Waals surface area contributed by atoms with Crippen LogP contribution in [0.25, 0.3) is 0 Å². The third kappa shape index (κ3) is 2.80. The number of hydrogen-bond acceptors (Lipinski definition) is 3. The van der Waals surface area contributed by atoms with Gasteiger partial charge in [0.2, 0.25) is 0 Å². The monoisotopic (exact) mass is 194 g/mol. The summed E-state index contributed by atoms with van der Waals surface area (Å²) >= 11 is 0. The van der Waals surface area contributed by atoms with Crippen LogP contribution in [0.1, 0.15) is 11.1 Å². The lowest BCUT2D eigenvalue weighted by molar-refractivity contribution is 0.128. The van der Waals surface area contributed by atoms with E-state index in [9.17, 15) is 4.39 Å². The highest BCUT2D eigenvalue weighted by Crippen LogP contribution is 2.11. The minimum absolute atomic E-state index is 0.220. The van der Waals surface area contributed by atoms with Crippen LogP contribution in [0, 0.1) is 17.1 Å². The van der Waals surface area contributed by atoms with Crippen LogP contribution < -0.4 is 5.73 Å². The highest BCUT2D eigenvalue weighted by molar-refractivity contribution is 5.37. The van der Waals surface area contributed by atoms with Crippen LogP contribution in [0.2, 0.25) is 0 Å². The molecule has 0 heterocycles. The first kappa shape index (κ1) is 10.6. The van der Waals surface area contributed by atoms with Crippen molar-refractivity contribution in [2.75, 3.05) is 13.2 Å². The minimum Gasteiger partial charge on any atom is -0.375 e. The summed E-state index contributed by atoms with van der Waals surface area (Å²) in [4.78, 5) is 0. The van der Waals surface area contributed by atoms with Gasteiger partial charge in [-0.1, -0.05) is 0 Å². The van der Waals surface area contributed by atoms with Crippen LogP contribution in [0.15, 0.2) is 18.2 Å². The molecule has 0 bridgehead atoms. The number of nitriles is 1. The van der Waals surface area contributed by atoms with Gasteiger partial charge >= 0.3 is 0 Å². The number of ether oxygens (including phenoxy) is 1. The van der Waals surface area contributed by atoms with Gasteiger partial charge in [-0.2, -0.15) is 5.26 Å². The van der Waals surface area contributed by atoms with E-state index in [1.54, 1.807) is 0 Å². The van der Waals surface area contributed by atoms with Crippen LogP contribution >= 0.6 is 0 Å². The molecule has 1 rings (SSSR count). The van der Waals surface area contributed by atoms with Crippen LogP contribution in [-0.4, -0.2) is 13.2 Å². The second-order valence-electron chi connectivity index (χ2n) is 2.75. The van der Waals surface area contributed by atoms with E-state index in [2.05, 4.69) is 0 Å². The molecule has 0 unspecified atom stereocenters. The number of nitrogens with two attached hydrogens (primary N) is 1. The second kappa shape index (κ2) is 5.32. The quantitative estimate of drug-likeness (QED) is 0.732. The number of rotatable bonds is 4. The largest absolute Gasteiger partial charge is 0.375 e. The predicted molar refractivity (Wildman–Crippen MR) is 49.8 cm³/mol. The Morgan fingerprint density at radius 2 is 2.29 bits per heavy atom. The highest BCUT2D eigenvalue weighted by Gasteiger charge is 2.03. The van der Waals surface area contributed by atoms with Crippen LogP contribution in [0.4, 0.5) is 4.39 Å². The lowest BCUT2D eigenvalue weighted by atomic mass is 10.1. The summed E-state index contributed by atoms with van der Waals surface area (Å²) in [6.45, 7) is 1.04. The number of nitrogens with zero attached hydrogens (tertiary/aromatic N) is 1. The average Bonchev–Trinajstić information content (AvgIpc) is 2.19. The molecule has 0 saturated carbocycles. The summed E-state index contributed by atoms with van der Waals surface area (Å²) in [5.74, 6) is -0.365. The summed E-state index contributed by atoms with van der Waals surface area (Å²) < 4.78 is 17.9. The van der Waals surface area contributed by atoms with Gasteiger partial charge in [-0.3, -0.25) is 0 Å². The van der Waals surface area contributed by atoms with E-state index < -0.39 is 0 Å². The summed E-state index contributed by atoms with van der Waals surface area (Å²) in [6.07, 6.45) is 0. The molecule has 0 spiro atoms. The van der Waals surface area contributed by atoms with Crippen molar-refractivity contribution in [1.82, 2.24) is 0 Å². The van der Waals surface area contributed by atoms with Gasteiger partial charge in [-0.25, -0.2) is 4.39 Å². The second-order valence-corrected chi connectivity index (χ2v) is 2.75. The van der Waals surface area contributed by atoms with E-state index in [0.29, 0.717) is 24.3 Å². The molecule has 0 aromatic heterocycles. The van der Waals surface area contributed by atoms with E-state index in [-0.39, 0.29) is 12.4 Å². The standard InChI is InChI=1S/C10H11FN2O/c11-10-2-1-8(6-13)9(5-10)7-14-4-3-12/h1-2,5H,3-4,7,12H2. The molecule has 0 amide bonds. The van der Waals surface area contributed by atoms with Crippen molar-refractivity contribution in [1.29, 1.82) is 5.26 Å². The van der Waals surface area contributed by atoms with Crippen molar-refractivity contribution in [3.8, 4) is 6.07 Å². The van der Waals surface area contributed by atoms with Gasteiger partial charge in [0.1, 0.15) is 5.82 Å². The Hall–Kier alpha value is -1.44. The maximum absolute atomic E-state index is 12.8. The van der Waals surface area contributed by atoms with Gasteiger partial charge in [0.05, 0.1) is 24.8 Å². The van der Waals surface area contributed by atoms with Gasteiger partial charge in [0.25, 0.3) is 0 Å². The van der Waals surface area contributed by atoms with Crippen molar-refractivity contribution in [2.45, 2.75) is 6.61 Å². The Labute approximate surface area is 81.9 Å². The molecule has 1 aromatic rings. The van der Waals surface area contributed by atoms with Crippen molar-refractivity contribution >= 4 is 0 Å². The average molecular weight is 194 g/mol. The molecule has 3 nitrogen and oxygen atoms in total. The normalized spacial score (nSPS) is 9.79. The lowest BCUT2D eigenvalue weighted by Crippen LogP contribution is -2.08. The molecule has 0 radical (unpaired) electrons. The Morgan fingerprint density at radius 3 is 2.93 bits per heavy atom. The fourth-order valence-corrected chi connectivity index (χ4v) is 1.06. The first-order valence-corrected chi connectivity index (χ1v) is 4.24. The highest BCUT2D eigenvalue weighted by atomic mass is 19.1. The molecule has 0 saturated heterocycles. The van der Waals surface area contributed by atoms with Crippen molar-refractivity contribution in [3.63, 3.8) is 0 Å². The van der Waals surface area contributed by atoms with E-state index in [1.165, 1.54) is 18.2 Å². The molecular formula is C10H11FN2O. The number of hydrogen-bond donors (Lipinski definition) is 1. The Morgan fingerprint density at radius 1 is 1.50 bits per heavy atom. The summed E-state index contributed by atoms with van der Waals surface area (Å²) in [6, 6.07) is 5.97. The van der Waals surface area contributed by atoms with Gasteiger partial charge < -0.3 is 10.5 Å². The molecule has 0 atom stereocenters. The molecule has 0 aliphatic carbocycles. The molecule has 0 fully saturated rings. The first-order chi connectivity index (χ1) is 6.77. The zero-order valence-corrected chi connectivity index (χ0v) is 7.66. The topological polar surface area (TPSA) is 59.0 Å². The van der Waals surface area contributed by atoms with Crippen molar-refractivity contribution in [3.05, 3.63) is 35.1 Å². The van der Waals surface area contributed by atoms with E-state index in [0.717, 1.165) is 0 Å². The maximum Gasteiger partial charge on any atom is 0.123 e. The van der Waals surface area contributed by atoms with Crippen LogP contribution in [0.5, 0.6) is 0 Å². The fraction of sp³-hybridized carbons (Fsp3) is 0.300. The molecule has 0 aliphatic heterocycles. The Balaban J connectivity index is 2.73. The van der Waals surface area contributed by atoms with Crippen LogP contribution in [0.3, 0.4) is 0 Å².